The van der Waals surface area contributed by atoms with E-state index in [2.05, 4.69) is 56.4 Å². The van der Waals surface area contributed by atoms with Crippen LogP contribution in [0.4, 0.5) is 5.69 Å². The summed E-state index contributed by atoms with van der Waals surface area (Å²) >= 11 is 1.26. The van der Waals surface area contributed by atoms with Crippen LogP contribution in [0.5, 0.6) is 5.75 Å². The number of amides is 1. The van der Waals surface area contributed by atoms with Crippen LogP contribution in [-0.4, -0.2) is 23.8 Å². The van der Waals surface area contributed by atoms with Crippen LogP contribution in [0.2, 0.25) is 0 Å². The summed E-state index contributed by atoms with van der Waals surface area (Å²) in [5.74, 6) is 0.659. The summed E-state index contributed by atoms with van der Waals surface area (Å²) in [6.07, 6.45) is 0. The van der Waals surface area contributed by atoms with E-state index in [0.29, 0.717) is 16.3 Å². The molecule has 1 N–H and O–H groups in total. The molecule has 0 spiro atoms. The monoisotopic (exact) mass is 507 g/mol. The molecule has 4 aromatic rings. The highest BCUT2D eigenvalue weighted by atomic mass is 32.2. The van der Waals surface area contributed by atoms with Crippen LogP contribution in [0.25, 0.3) is 22.4 Å². The molecule has 1 heterocycles. The largest absolute Gasteiger partial charge is 0.497 e. The quantitative estimate of drug-likeness (QED) is 0.265. The molecule has 37 heavy (non-hydrogen) atoms. The highest BCUT2D eigenvalue weighted by Crippen LogP contribution is 2.35. The Morgan fingerprint density at radius 1 is 0.973 bits per heavy atom. The van der Waals surface area contributed by atoms with Gasteiger partial charge in [-0.25, -0.2) is 4.98 Å². The van der Waals surface area contributed by atoms with Gasteiger partial charge in [0.05, 0.1) is 24.1 Å². The van der Waals surface area contributed by atoms with Gasteiger partial charge in [0.2, 0.25) is 5.91 Å². The van der Waals surface area contributed by atoms with Crippen LogP contribution in [0, 0.1) is 11.3 Å². The van der Waals surface area contributed by atoms with Crippen LogP contribution >= 0.6 is 11.8 Å². The number of pyridine rings is 1. The molecule has 5 nitrogen and oxygen atoms in total. The van der Waals surface area contributed by atoms with Crippen LogP contribution in [0.3, 0.4) is 0 Å². The molecule has 186 valence electrons. The van der Waals surface area contributed by atoms with Crippen molar-refractivity contribution in [3.8, 4) is 34.2 Å². The number of nitriles is 1. The lowest BCUT2D eigenvalue weighted by atomic mass is 9.86. The van der Waals surface area contributed by atoms with Crippen molar-refractivity contribution >= 4 is 23.4 Å². The Labute approximate surface area is 222 Å². The lowest BCUT2D eigenvalue weighted by Crippen LogP contribution is -2.14. The first-order chi connectivity index (χ1) is 17.8. The minimum atomic E-state index is -0.179. The Balaban J connectivity index is 1.66. The van der Waals surface area contributed by atoms with Crippen molar-refractivity contribution in [3.63, 3.8) is 0 Å². The van der Waals surface area contributed by atoms with Gasteiger partial charge >= 0.3 is 0 Å². The summed E-state index contributed by atoms with van der Waals surface area (Å²) in [5, 5.41) is 13.6. The number of hydrogen-bond acceptors (Lipinski definition) is 5. The summed E-state index contributed by atoms with van der Waals surface area (Å²) < 4.78 is 5.17. The SMILES string of the molecule is COc1ccc(NC(=O)CSc2nc(-c3ccccc3)cc(-c3ccc(C(C)(C)C)cc3)c2C#N)cc1. The highest BCUT2D eigenvalue weighted by Gasteiger charge is 2.18. The highest BCUT2D eigenvalue weighted by molar-refractivity contribution is 8.00. The number of rotatable bonds is 7. The molecule has 0 bridgehead atoms. The average Bonchev–Trinajstić information content (AvgIpc) is 2.92. The lowest BCUT2D eigenvalue weighted by molar-refractivity contribution is -0.113. The van der Waals surface area contributed by atoms with Gasteiger partial charge in [0.15, 0.2) is 0 Å². The van der Waals surface area contributed by atoms with E-state index in [1.807, 2.05) is 36.4 Å². The Kier molecular flexibility index (Phi) is 7.95. The number of carbonyl (C=O) groups is 1. The van der Waals surface area contributed by atoms with Gasteiger partial charge in [0, 0.05) is 16.8 Å². The van der Waals surface area contributed by atoms with E-state index in [0.717, 1.165) is 28.1 Å². The maximum atomic E-state index is 12.7. The standard InChI is InChI=1S/C31H29N3O2S/c1-31(2,3)23-12-10-21(11-13-23)26-18-28(22-8-6-5-7-9-22)34-30(27(26)19-32)37-20-29(35)33-24-14-16-25(36-4)17-15-24/h5-18H,20H2,1-4H3,(H,33,35). The third-order valence-electron chi connectivity index (χ3n) is 5.94. The van der Waals surface area contributed by atoms with Crippen molar-refractivity contribution in [1.82, 2.24) is 4.98 Å². The minimum Gasteiger partial charge on any atom is -0.497 e. The third kappa shape index (κ3) is 6.38. The second kappa shape index (κ2) is 11.3. The van der Waals surface area contributed by atoms with Crippen molar-refractivity contribution in [2.24, 2.45) is 0 Å². The fraction of sp³-hybridized carbons (Fsp3) is 0.194. The van der Waals surface area contributed by atoms with Gasteiger partial charge in [-0.15, -0.1) is 0 Å². The average molecular weight is 508 g/mol. The molecule has 3 aromatic carbocycles. The minimum absolute atomic E-state index is 0.0300. The number of nitrogens with one attached hydrogen (secondary N) is 1. The molecule has 1 aromatic heterocycles. The first kappa shape index (κ1) is 26.0. The Hall–Kier alpha value is -4.08. The van der Waals surface area contributed by atoms with E-state index in [4.69, 9.17) is 9.72 Å². The Bertz CT molecular complexity index is 1420. The molecule has 1 amide bonds. The van der Waals surface area contributed by atoms with Gasteiger partial charge in [0.25, 0.3) is 0 Å². The lowest BCUT2D eigenvalue weighted by Gasteiger charge is -2.19. The number of nitrogens with zero attached hydrogens (tertiary/aromatic N) is 2. The summed E-state index contributed by atoms with van der Waals surface area (Å²) in [7, 11) is 1.60. The summed E-state index contributed by atoms with van der Waals surface area (Å²) in [6, 6.07) is 29.6. The van der Waals surface area contributed by atoms with Crippen LogP contribution in [0.1, 0.15) is 31.9 Å². The van der Waals surface area contributed by atoms with E-state index >= 15 is 0 Å². The second-order valence-electron chi connectivity index (χ2n) is 9.61. The number of carbonyl (C=O) groups excluding carboxylic acids is 1. The zero-order valence-electron chi connectivity index (χ0n) is 21.4. The van der Waals surface area contributed by atoms with Crippen molar-refractivity contribution in [2.45, 2.75) is 31.2 Å². The van der Waals surface area contributed by atoms with Crippen LogP contribution in [-0.2, 0) is 10.2 Å². The van der Waals surface area contributed by atoms with Gasteiger partial charge in [-0.2, -0.15) is 5.26 Å². The van der Waals surface area contributed by atoms with Crippen molar-refractivity contribution in [1.29, 1.82) is 5.26 Å². The van der Waals surface area contributed by atoms with Gasteiger partial charge in [0.1, 0.15) is 16.8 Å². The number of aromatic nitrogens is 1. The molecular weight excluding hydrogens is 478 g/mol. The first-order valence-electron chi connectivity index (χ1n) is 12.0. The fourth-order valence-corrected chi connectivity index (χ4v) is 4.68. The molecule has 0 radical (unpaired) electrons. The van der Waals surface area contributed by atoms with Crippen molar-refractivity contribution in [2.75, 3.05) is 18.2 Å². The second-order valence-corrected chi connectivity index (χ2v) is 10.6. The number of methoxy groups -OCH3 is 1. The van der Waals surface area contributed by atoms with E-state index in [9.17, 15) is 10.1 Å². The topological polar surface area (TPSA) is 75.0 Å². The summed E-state index contributed by atoms with van der Waals surface area (Å²) in [5.41, 5.74) is 5.84. The molecule has 0 fully saturated rings. The fourth-order valence-electron chi connectivity index (χ4n) is 3.87. The molecular formula is C31H29N3O2S. The predicted octanol–water partition coefficient (Wildman–Crippen LogP) is 7.32. The van der Waals surface area contributed by atoms with Gasteiger partial charge in [-0.1, -0.05) is 87.1 Å². The number of anilines is 1. The van der Waals surface area contributed by atoms with Crippen LogP contribution < -0.4 is 10.1 Å². The molecule has 4 rings (SSSR count). The number of thioether (sulfide) groups is 1. The molecule has 6 heteroatoms. The zero-order chi connectivity index (χ0) is 26.4. The molecule has 0 aliphatic carbocycles. The molecule has 0 aliphatic heterocycles. The molecule has 0 atom stereocenters. The summed E-state index contributed by atoms with van der Waals surface area (Å²) in [6.45, 7) is 6.52. The normalized spacial score (nSPS) is 11.0. The van der Waals surface area contributed by atoms with E-state index in [-0.39, 0.29) is 17.1 Å². The Morgan fingerprint density at radius 2 is 1.65 bits per heavy atom. The summed E-state index contributed by atoms with van der Waals surface area (Å²) in [4.78, 5) is 17.5. The maximum absolute atomic E-state index is 12.7. The van der Waals surface area contributed by atoms with E-state index in [1.54, 1.807) is 31.4 Å². The number of benzene rings is 3. The van der Waals surface area contributed by atoms with Gasteiger partial charge in [-0.05, 0) is 46.9 Å². The molecule has 0 saturated heterocycles. The smallest absolute Gasteiger partial charge is 0.234 e. The maximum Gasteiger partial charge on any atom is 0.234 e. The molecule has 0 saturated carbocycles. The molecule has 0 aliphatic rings. The van der Waals surface area contributed by atoms with Gasteiger partial charge < -0.3 is 10.1 Å². The Morgan fingerprint density at radius 3 is 2.24 bits per heavy atom. The molecule has 0 unspecified atom stereocenters. The van der Waals surface area contributed by atoms with Crippen LogP contribution in [0.15, 0.2) is 90.0 Å². The van der Waals surface area contributed by atoms with E-state index < -0.39 is 0 Å². The van der Waals surface area contributed by atoms with Crippen molar-refractivity contribution < 1.29 is 9.53 Å². The number of ether oxygens (including phenoxy) is 1. The number of hydrogen-bond donors (Lipinski definition) is 1. The predicted molar refractivity (Wildman–Crippen MR) is 151 cm³/mol. The zero-order valence-corrected chi connectivity index (χ0v) is 22.2. The first-order valence-corrected chi connectivity index (χ1v) is 13.0. The van der Waals surface area contributed by atoms with Crippen molar-refractivity contribution in [3.05, 3.63) is 96.1 Å². The van der Waals surface area contributed by atoms with Gasteiger partial charge in [-0.3, -0.25) is 4.79 Å². The third-order valence-corrected chi connectivity index (χ3v) is 6.92. The van der Waals surface area contributed by atoms with E-state index in [1.165, 1.54) is 17.3 Å².